The summed E-state index contributed by atoms with van der Waals surface area (Å²) in [5.41, 5.74) is 1.28. The Morgan fingerprint density at radius 1 is 1.34 bits per heavy atom. The molecule has 0 N–H and O–H groups in total. The molecule has 8 heteroatoms. The molecular formula is C21H24FN5O2. The van der Waals surface area contributed by atoms with E-state index >= 15 is 0 Å². The van der Waals surface area contributed by atoms with E-state index in [-0.39, 0.29) is 29.3 Å². The van der Waals surface area contributed by atoms with Gasteiger partial charge in [0.2, 0.25) is 0 Å². The largest absolute Gasteiger partial charge is 0.490 e. The van der Waals surface area contributed by atoms with Gasteiger partial charge in [-0.3, -0.25) is 4.79 Å². The Kier molecular flexibility index (Phi) is 5.42. The van der Waals surface area contributed by atoms with E-state index in [1.807, 2.05) is 18.7 Å². The average molecular weight is 397 g/mol. The molecular weight excluding hydrogens is 373 g/mol. The van der Waals surface area contributed by atoms with E-state index in [1.165, 1.54) is 16.9 Å². The lowest BCUT2D eigenvalue weighted by atomic mass is 9.98. The van der Waals surface area contributed by atoms with Gasteiger partial charge in [-0.2, -0.15) is 14.6 Å². The summed E-state index contributed by atoms with van der Waals surface area (Å²) in [6, 6.07) is 8.18. The van der Waals surface area contributed by atoms with E-state index in [0.29, 0.717) is 31.2 Å². The smallest absolute Gasteiger partial charge is 0.272 e. The Bertz CT molecular complexity index is 1020. The molecule has 1 aliphatic heterocycles. The minimum absolute atomic E-state index is 0.0969. The van der Waals surface area contributed by atoms with Crippen LogP contribution in [0.1, 0.15) is 48.8 Å². The molecule has 0 saturated carbocycles. The van der Waals surface area contributed by atoms with Crippen molar-refractivity contribution in [2.45, 2.75) is 32.6 Å². The highest BCUT2D eigenvalue weighted by atomic mass is 19.1. The highest BCUT2D eigenvalue weighted by molar-refractivity contribution is 5.93. The molecule has 0 spiro atoms. The summed E-state index contributed by atoms with van der Waals surface area (Å²) < 4.78 is 20.9. The van der Waals surface area contributed by atoms with Crippen LogP contribution in [0.3, 0.4) is 0 Å². The zero-order valence-electron chi connectivity index (χ0n) is 16.6. The topological polar surface area (TPSA) is 72.6 Å². The summed E-state index contributed by atoms with van der Waals surface area (Å²) in [4.78, 5) is 23.7. The maximum absolute atomic E-state index is 13.8. The van der Waals surface area contributed by atoms with E-state index < -0.39 is 0 Å². The number of carbonyl (C=O) groups is 1. The lowest BCUT2D eigenvalue weighted by Crippen LogP contribution is -2.42. The van der Waals surface area contributed by atoms with Gasteiger partial charge in [0, 0.05) is 24.7 Å². The number of halogens is 1. The second kappa shape index (κ2) is 8.14. The summed E-state index contributed by atoms with van der Waals surface area (Å²) in [5, 5.41) is 4.17. The molecule has 0 bridgehead atoms. The number of hydrogen-bond acceptors (Lipinski definition) is 5. The van der Waals surface area contributed by atoms with Gasteiger partial charge in [0.15, 0.2) is 11.6 Å². The SMILES string of the molecule is CC(C)c1cc(C(=O)N2CCCC(COc3ccccc3F)C2)n2ncnc2n1. The van der Waals surface area contributed by atoms with Crippen molar-refractivity contribution in [2.24, 2.45) is 5.92 Å². The lowest BCUT2D eigenvalue weighted by Gasteiger charge is -2.32. The lowest BCUT2D eigenvalue weighted by molar-refractivity contribution is 0.0622. The van der Waals surface area contributed by atoms with Gasteiger partial charge in [-0.25, -0.2) is 9.37 Å². The summed E-state index contributed by atoms with van der Waals surface area (Å²) in [6.45, 7) is 5.66. The molecule has 1 atom stereocenters. The van der Waals surface area contributed by atoms with E-state index in [0.717, 1.165) is 18.5 Å². The standard InChI is InChI=1S/C21H24FN5O2/c1-14(2)17-10-18(27-21(25-17)23-13-24-27)20(28)26-9-5-6-15(11-26)12-29-19-8-4-3-7-16(19)22/h3-4,7-8,10,13-15H,5-6,9,11-12H2,1-2H3. The predicted molar refractivity (Wildman–Crippen MR) is 105 cm³/mol. The molecule has 4 rings (SSSR count). The van der Waals surface area contributed by atoms with E-state index in [1.54, 1.807) is 24.3 Å². The zero-order chi connectivity index (χ0) is 20.4. The molecule has 3 heterocycles. The number of fused-ring (bicyclic) bond motifs is 1. The summed E-state index contributed by atoms with van der Waals surface area (Å²) in [7, 11) is 0. The highest BCUT2D eigenvalue weighted by Gasteiger charge is 2.27. The molecule has 0 radical (unpaired) electrons. The van der Waals surface area contributed by atoms with Crippen LogP contribution in [0.2, 0.25) is 0 Å². The molecule has 0 aliphatic carbocycles. The second-order valence-electron chi connectivity index (χ2n) is 7.69. The van der Waals surface area contributed by atoms with Crippen molar-refractivity contribution in [3.8, 4) is 5.75 Å². The molecule has 1 aromatic carbocycles. The summed E-state index contributed by atoms with van der Waals surface area (Å²) in [6.07, 6.45) is 3.22. The fourth-order valence-electron chi connectivity index (χ4n) is 3.60. The Morgan fingerprint density at radius 2 is 2.17 bits per heavy atom. The number of hydrogen-bond donors (Lipinski definition) is 0. The molecule has 1 fully saturated rings. The van der Waals surface area contributed by atoms with Crippen LogP contribution in [-0.2, 0) is 0 Å². The van der Waals surface area contributed by atoms with Crippen LogP contribution in [0.4, 0.5) is 4.39 Å². The Labute approximate surface area is 168 Å². The first-order valence-corrected chi connectivity index (χ1v) is 9.90. The molecule has 29 heavy (non-hydrogen) atoms. The summed E-state index contributed by atoms with van der Waals surface area (Å²) in [5.74, 6) is 0.520. The molecule has 2 aromatic heterocycles. The monoisotopic (exact) mass is 397 g/mol. The fraction of sp³-hybridized carbons (Fsp3) is 0.429. The Hall–Kier alpha value is -3.03. The van der Waals surface area contributed by atoms with Gasteiger partial charge in [0.1, 0.15) is 12.0 Å². The van der Waals surface area contributed by atoms with E-state index in [4.69, 9.17) is 4.74 Å². The maximum atomic E-state index is 13.8. The van der Waals surface area contributed by atoms with Gasteiger partial charge in [-0.1, -0.05) is 26.0 Å². The van der Waals surface area contributed by atoms with Crippen LogP contribution in [-0.4, -0.2) is 50.1 Å². The average Bonchev–Trinajstić information content (AvgIpc) is 3.21. The number of carbonyl (C=O) groups excluding carboxylic acids is 1. The van der Waals surface area contributed by atoms with Crippen molar-refractivity contribution in [3.63, 3.8) is 0 Å². The quantitative estimate of drug-likeness (QED) is 0.660. The van der Waals surface area contributed by atoms with Crippen molar-refractivity contribution < 1.29 is 13.9 Å². The van der Waals surface area contributed by atoms with Gasteiger partial charge in [-0.05, 0) is 37.0 Å². The highest BCUT2D eigenvalue weighted by Crippen LogP contribution is 2.23. The zero-order valence-corrected chi connectivity index (χ0v) is 16.6. The number of para-hydroxylation sites is 1. The molecule has 1 amide bonds. The molecule has 1 saturated heterocycles. The second-order valence-corrected chi connectivity index (χ2v) is 7.69. The van der Waals surface area contributed by atoms with Gasteiger partial charge in [-0.15, -0.1) is 0 Å². The first-order valence-electron chi connectivity index (χ1n) is 9.90. The third-order valence-electron chi connectivity index (χ3n) is 5.20. The predicted octanol–water partition coefficient (Wildman–Crippen LogP) is 3.32. The first-order chi connectivity index (χ1) is 14.0. The summed E-state index contributed by atoms with van der Waals surface area (Å²) >= 11 is 0. The van der Waals surface area contributed by atoms with Crippen LogP contribution in [0.5, 0.6) is 5.75 Å². The van der Waals surface area contributed by atoms with Crippen molar-refractivity contribution in [1.29, 1.82) is 0 Å². The van der Waals surface area contributed by atoms with Crippen LogP contribution >= 0.6 is 0 Å². The molecule has 152 valence electrons. The minimum Gasteiger partial charge on any atom is -0.490 e. The van der Waals surface area contributed by atoms with E-state index in [9.17, 15) is 9.18 Å². The first kappa shape index (κ1) is 19.3. The number of benzene rings is 1. The van der Waals surface area contributed by atoms with Gasteiger partial charge in [0.05, 0.1) is 6.61 Å². The van der Waals surface area contributed by atoms with Crippen LogP contribution in [0.25, 0.3) is 5.78 Å². The fourth-order valence-corrected chi connectivity index (χ4v) is 3.60. The number of ether oxygens (including phenoxy) is 1. The number of rotatable bonds is 5. The molecule has 3 aromatic rings. The van der Waals surface area contributed by atoms with Crippen LogP contribution < -0.4 is 4.74 Å². The van der Waals surface area contributed by atoms with Gasteiger partial charge >= 0.3 is 0 Å². The van der Waals surface area contributed by atoms with Crippen molar-refractivity contribution in [3.05, 3.63) is 53.9 Å². The third-order valence-corrected chi connectivity index (χ3v) is 5.20. The van der Waals surface area contributed by atoms with Crippen molar-refractivity contribution >= 4 is 11.7 Å². The third kappa shape index (κ3) is 4.06. The van der Waals surface area contributed by atoms with Crippen LogP contribution in [0.15, 0.2) is 36.7 Å². The molecule has 7 nitrogen and oxygen atoms in total. The van der Waals surface area contributed by atoms with E-state index in [2.05, 4.69) is 15.1 Å². The van der Waals surface area contributed by atoms with Gasteiger partial charge in [0.25, 0.3) is 11.7 Å². The number of nitrogens with zero attached hydrogens (tertiary/aromatic N) is 5. The van der Waals surface area contributed by atoms with Crippen molar-refractivity contribution in [1.82, 2.24) is 24.5 Å². The number of amides is 1. The Balaban J connectivity index is 1.50. The normalized spacial score (nSPS) is 17.1. The molecule has 1 aliphatic rings. The molecule has 1 unspecified atom stereocenters. The number of aromatic nitrogens is 4. The number of likely N-dealkylation sites (tertiary alicyclic amines) is 1. The number of piperidine rings is 1. The minimum atomic E-state index is -0.372. The van der Waals surface area contributed by atoms with Gasteiger partial charge < -0.3 is 9.64 Å². The van der Waals surface area contributed by atoms with Crippen molar-refractivity contribution in [2.75, 3.05) is 19.7 Å². The van der Waals surface area contributed by atoms with Crippen LogP contribution in [0, 0.1) is 11.7 Å². The maximum Gasteiger partial charge on any atom is 0.272 e. The Morgan fingerprint density at radius 3 is 2.97 bits per heavy atom.